The van der Waals surface area contributed by atoms with Gasteiger partial charge in [-0.25, -0.2) is 0 Å². The summed E-state index contributed by atoms with van der Waals surface area (Å²) in [4.78, 5) is 0. The first-order valence-electron chi connectivity index (χ1n) is 6.57. The highest BCUT2D eigenvalue weighted by molar-refractivity contribution is 6.62. The average molecular weight is 275 g/mol. The third-order valence-corrected chi connectivity index (χ3v) is 4.12. The van der Waals surface area contributed by atoms with Gasteiger partial charge in [0.25, 0.3) is 0 Å². The van der Waals surface area contributed by atoms with Crippen molar-refractivity contribution in [1.82, 2.24) is 14.6 Å². The smallest absolute Gasteiger partial charge is 0.493 e. The highest BCUT2D eigenvalue weighted by Gasteiger charge is 2.52. The van der Waals surface area contributed by atoms with E-state index in [1.54, 1.807) is 17.8 Å². The van der Waals surface area contributed by atoms with Gasteiger partial charge in [0.15, 0.2) is 5.75 Å². The van der Waals surface area contributed by atoms with E-state index >= 15 is 0 Å². The molecule has 0 atom stereocenters. The summed E-state index contributed by atoms with van der Waals surface area (Å²) in [6.45, 7) is 8.12. The highest BCUT2D eigenvalue weighted by Crippen LogP contribution is 2.36. The topological polar surface area (TPSA) is 57.9 Å². The summed E-state index contributed by atoms with van der Waals surface area (Å²) in [5.41, 5.74) is 0.820. The van der Waals surface area contributed by atoms with Crippen molar-refractivity contribution in [2.45, 2.75) is 38.9 Å². The summed E-state index contributed by atoms with van der Waals surface area (Å²) in [6, 6.07) is 1.88. The van der Waals surface area contributed by atoms with Gasteiger partial charge < -0.3 is 14.0 Å². The average Bonchev–Trinajstić information content (AvgIpc) is 2.91. The molecule has 1 aliphatic heterocycles. The zero-order valence-corrected chi connectivity index (χ0v) is 12.4. The van der Waals surface area contributed by atoms with Crippen molar-refractivity contribution in [1.29, 1.82) is 0 Å². The van der Waals surface area contributed by atoms with Crippen molar-refractivity contribution in [3.63, 3.8) is 0 Å². The van der Waals surface area contributed by atoms with Crippen LogP contribution in [0, 0.1) is 0 Å². The Balaban J connectivity index is 2.03. The summed E-state index contributed by atoms with van der Waals surface area (Å²) < 4.78 is 19.2. The fourth-order valence-electron chi connectivity index (χ4n) is 2.19. The molecule has 1 aliphatic rings. The quantitative estimate of drug-likeness (QED) is 0.766. The van der Waals surface area contributed by atoms with Crippen LogP contribution in [0.5, 0.6) is 5.75 Å². The van der Waals surface area contributed by atoms with E-state index in [1.165, 1.54) is 0 Å². The fourth-order valence-corrected chi connectivity index (χ4v) is 2.19. The van der Waals surface area contributed by atoms with Gasteiger partial charge in [-0.05, 0) is 33.8 Å². The SMILES string of the molecule is COc1cc(B2OC(C)(C)C(C)(C)O2)cn2cnnc12. The Morgan fingerprint density at radius 3 is 2.45 bits per heavy atom. The summed E-state index contributed by atoms with van der Waals surface area (Å²) >= 11 is 0. The maximum Gasteiger partial charge on any atom is 0.496 e. The van der Waals surface area contributed by atoms with Crippen molar-refractivity contribution < 1.29 is 14.0 Å². The van der Waals surface area contributed by atoms with Gasteiger partial charge in [0.2, 0.25) is 5.65 Å². The molecule has 0 radical (unpaired) electrons. The van der Waals surface area contributed by atoms with Gasteiger partial charge in [0, 0.05) is 11.7 Å². The Morgan fingerprint density at radius 1 is 1.20 bits per heavy atom. The van der Waals surface area contributed by atoms with Crippen molar-refractivity contribution in [2.75, 3.05) is 7.11 Å². The van der Waals surface area contributed by atoms with Crippen LogP contribution in [0.15, 0.2) is 18.6 Å². The molecular weight excluding hydrogens is 257 g/mol. The molecule has 0 unspecified atom stereocenters. The second-order valence-corrected chi connectivity index (χ2v) is 5.99. The van der Waals surface area contributed by atoms with Crippen LogP contribution in [0.4, 0.5) is 0 Å². The van der Waals surface area contributed by atoms with Gasteiger partial charge in [-0.2, -0.15) is 0 Å². The van der Waals surface area contributed by atoms with Crippen LogP contribution in [0.25, 0.3) is 5.65 Å². The van der Waals surface area contributed by atoms with Crippen molar-refractivity contribution in [2.24, 2.45) is 0 Å². The Morgan fingerprint density at radius 2 is 1.85 bits per heavy atom. The first-order valence-corrected chi connectivity index (χ1v) is 6.57. The lowest BCUT2D eigenvalue weighted by Crippen LogP contribution is -2.41. The lowest BCUT2D eigenvalue weighted by Gasteiger charge is -2.32. The van der Waals surface area contributed by atoms with Gasteiger partial charge in [-0.15, -0.1) is 10.2 Å². The maximum atomic E-state index is 6.04. The molecule has 20 heavy (non-hydrogen) atoms. The van der Waals surface area contributed by atoms with Gasteiger partial charge in [-0.3, -0.25) is 4.40 Å². The zero-order valence-electron chi connectivity index (χ0n) is 12.4. The van der Waals surface area contributed by atoms with E-state index in [2.05, 4.69) is 10.2 Å². The van der Waals surface area contributed by atoms with Crippen LogP contribution in [-0.2, 0) is 9.31 Å². The summed E-state index contributed by atoms with van der Waals surface area (Å²) in [5, 5.41) is 7.91. The molecule has 0 spiro atoms. The largest absolute Gasteiger partial charge is 0.496 e. The van der Waals surface area contributed by atoms with Gasteiger partial charge in [0.05, 0.1) is 18.3 Å². The first kappa shape index (κ1) is 13.4. The summed E-state index contributed by atoms with van der Waals surface area (Å²) in [5.74, 6) is 0.648. The van der Waals surface area contributed by atoms with Crippen LogP contribution in [0.1, 0.15) is 27.7 Å². The molecule has 2 aromatic heterocycles. The lowest BCUT2D eigenvalue weighted by molar-refractivity contribution is 0.00578. The molecule has 3 rings (SSSR count). The Hall–Kier alpha value is -1.60. The lowest BCUT2D eigenvalue weighted by atomic mass is 9.80. The van der Waals surface area contributed by atoms with Gasteiger partial charge >= 0.3 is 7.12 Å². The molecule has 3 heterocycles. The van der Waals surface area contributed by atoms with E-state index < -0.39 is 7.12 Å². The summed E-state index contributed by atoms with van der Waals surface area (Å²) in [7, 11) is 1.18. The van der Waals surface area contributed by atoms with Crippen LogP contribution in [0.3, 0.4) is 0 Å². The Labute approximate surface area is 118 Å². The number of fused-ring (bicyclic) bond motifs is 1. The third-order valence-electron chi connectivity index (χ3n) is 4.12. The fraction of sp³-hybridized carbons (Fsp3) is 0.538. The minimum absolute atomic E-state index is 0.368. The zero-order chi connectivity index (χ0) is 14.5. The van der Waals surface area contributed by atoms with Crippen LogP contribution >= 0.6 is 0 Å². The van der Waals surface area contributed by atoms with E-state index in [0.29, 0.717) is 11.4 Å². The number of hydrogen-bond acceptors (Lipinski definition) is 5. The van der Waals surface area contributed by atoms with Gasteiger partial charge in [0.1, 0.15) is 6.33 Å². The molecule has 0 aromatic carbocycles. The second kappa shape index (κ2) is 4.20. The van der Waals surface area contributed by atoms with E-state index in [0.717, 1.165) is 5.46 Å². The molecule has 1 fully saturated rings. The number of rotatable bonds is 2. The van der Waals surface area contributed by atoms with Crippen molar-refractivity contribution in [3.05, 3.63) is 18.6 Å². The van der Waals surface area contributed by atoms with Crippen molar-refractivity contribution >= 4 is 18.2 Å². The monoisotopic (exact) mass is 275 g/mol. The maximum absolute atomic E-state index is 6.04. The minimum Gasteiger partial charge on any atom is -0.493 e. The molecular formula is C13H18BN3O3. The number of methoxy groups -OCH3 is 1. The molecule has 0 N–H and O–H groups in total. The van der Waals surface area contributed by atoms with Crippen LogP contribution < -0.4 is 10.2 Å². The predicted molar refractivity (Wildman–Crippen MR) is 75.3 cm³/mol. The molecule has 7 heteroatoms. The minimum atomic E-state index is -0.430. The number of hydrogen-bond donors (Lipinski definition) is 0. The standard InChI is InChI=1S/C13H18BN3O3/c1-12(2)13(3,4)20-14(19-12)9-6-10(18-5)11-16-15-8-17(11)7-9/h6-8H,1-5H3. The summed E-state index contributed by atoms with van der Waals surface area (Å²) in [6.07, 6.45) is 3.53. The molecule has 0 aliphatic carbocycles. The van der Waals surface area contributed by atoms with Gasteiger partial charge in [-0.1, -0.05) is 0 Å². The molecule has 106 valence electrons. The first-order chi connectivity index (χ1) is 9.34. The normalized spacial score (nSPS) is 20.6. The molecule has 2 aromatic rings. The van der Waals surface area contributed by atoms with Crippen LogP contribution in [-0.4, -0.2) is 40.0 Å². The number of pyridine rings is 1. The number of ether oxygens (including phenoxy) is 1. The van der Waals surface area contributed by atoms with E-state index in [9.17, 15) is 0 Å². The third kappa shape index (κ3) is 1.89. The van der Waals surface area contributed by atoms with E-state index in [-0.39, 0.29) is 11.2 Å². The molecule has 0 amide bonds. The molecule has 1 saturated heterocycles. The van der Waals surface area contributed by atoms with E-state index in [1.807, 2.05) is 40.0 Å². The highest BCUT2D eigenvalue weighted by atomic mass is 16.7. The molecule has 0 bridgehead atoms. The number of aromatic nitrogens is 3. The second-order valence-electron chi connectivity index (χ2n) is 5.99. The predicted octanol–water partition coefficient (Wildman–Crippen LogP) is 1.04. The van der Waals surface area contributed by atoms with E-state index in [4.69, 9.17) is 14.0 Å². The van der Waals surface area contributed by atoms with Crippen molar-refractivity contribution in [3.8, 4) is 5.75 Å². The van der Waals surface area contributed by atoms with Crippen LogP contribution in [0.2, 0.25) is 0 Å². The Bertz CT molecular complexity index is 637. The number of nitrogens with zero attached hydrogens (tertiary/aromatic N) is 3. The Kier molecular flexibility index (Phi) is 2.81. The molecule has 6 nitrogen and oxygen atoms in total. The molecule has 0 saturated carbocycles.